The van der Waals surface area contributed by atoms with E-state index in [-0.39, 0.29) is 11.3 Å². The van der Waals surface area contributed by atoms with Gasteiger partial charge in [-0.15, -0.1) is 0 Å². The van der Waals surface area contributed by atoms with E-state index in [0.717, 1.165) is 24.3 Å². The maximum absolute atomic E-state index is 13.8. The number of benzene rings is 2. The van der Waals surface area contributed by atoms with Gasteiger partial charge in [-0.05, 0) is 28.1 Å². The molecule has 0 heterocycles. The van der Waals surface area contributed by atoms with E-state index in [4.69, 9.17) is 10.00 Å². The van der Waals surface area contributed by atoms with Crippen molar-refractivity contribution in [3.63, 3.8) is 0 Å². The molecule has 0 saturated carbocycles. The average Bonchev–Trinajstić information content (AvgIpc) is 2.47. The van der Waals surface area contributed by atoms with E-state index < -0.39 is 38.3 Å². The summed E-state index contributed by atoms with van der Waals surface area (Å²) in [6.07, 6.45) is 0. The number of nitriles is 1. The van der Waals surface area contributed by atoms with E-state index in [1.54, 1.807) is 6.07 Å². The third-order valence-corrected chi connectivity index (χ3v) is 3.15. The molecule has 112 valence electrons. The zero-order valence-electron chi connectivity index (χ0n) is 10.4. The molecule has 0 aliphatic heterocycles. The summed E-state index contributed by atoms with van der Waals surface area (Å²) in [4.78, 5) is 9.92. The molecule has 0 atom stereocenters. The summed E-state index contributed by atoms with van der Waals surface area (Å²) in [5.41, 5.74) is -1.13. The van der Waals surface area contributed by atoms with Crippen molar-refractivity contribution in [1.29, 1.82) is 5.26 Å². The lowest BCUT2D eigenvalue weighted by Crippen LogP contribution is -2.00. The summed E-state index contributed by atoms with van der Waals surface area (Å²) >= 11 is 2.64. The van der Waals surface area contributed by atoms with Gasteiger partial charge in [-0.25, -0.2) is 8.78 Å². The highest BCUT2D eigenvalue weighted by molar-refractivity contribution is 9.10. The molecule has 0 saturated heterocycles. The Bertz CT molecular complexity index is 821. The van der Waals surface area contributed by atoms with Crippen LogP contribution in [-0.4, -0.2) is 4.92 Å². The SMILES string of the molecule is N#Cc1ccc(Oc2c([N+](=O)[O-])cc(Br)c(F)c2F)cc1F. The molecule has 0 radical (unpaired) electrons. The molecule has 2 aromatic carbocycles. The van der Waals surface area contributed by atoms with Crippen molar-refractivity contribution in [2.24, 2.45) is 0 Å². The molecule has 9 heteroatoms. The molecule has 0 aliphatic rings. The van der Waals surface area contributed by atoms with Crippen LogP contribution >= 0.6 is 15.9 Å². The Morgan fingerprint density at radius 1 is 1.23 bits per heavy atom. The van der Waals surface area contributed by atoms with Crippen LogP contribution in [0.5, 0.6) is 11.5 Å². The summed E-state index contributed by atoms with van der Waals surface area (Å²) in [5.74, 6) is -5.24. The van der Waals surface area contributed by atoms with Crippen LogP contribution in [0.1, 0.15) is 5.56 Å². The minimum absolute atomic E-state index is 0.288. The highest BCUT2D eigenvalue weighted by Crippen LogP contribution is 2.38. The van der Waals surface area contributed by atoms with E-state index in [1.165, 1.54) is 0 Å². The summed E-state index contributed by atoms with van der Waals surface area (Å²) in [7, 11) is 0. The topological polar surface area (TPSA) is 76.2 Å². The van der Waals surface area contributed by atoms with Gasteiger partial charge in [0.05, 0.1) is 15.0 Å². The normalized spacial score (nSPS) is 10.1. The fourth-order valence-electron chi connectivity index (χ4n) is 1.57. The highest BCUT2D eigenvalue weighted by atomic mass is 79.9. The first-order valence-electron chi connectivity index (χ1n) is 5.54. The number of halogens is 4. The standard InChI is InChI=1S/C13H4BrF3N2O3/c14-8-4-10(19(20)21)13(12(17)11(8)16)22-7-2-1-6(5-18)9(15)3-7/h1-4H. The summed E-state index contributed by atoms with van der Waals surface area (Å²) in [6.45, 7) is 0. The third kappa shape index (κ3) is 2.87. The van der Waals surface area contributed by atoms with Crippen LogP contribution in [0.15, 0.2) is 28.7 Å². The van der Waals surface area contributed by atoms with Crippen molar-refractivity contribution in [1.82, 2.24) is 0 Å². The number of rotatable bonds is 3. The van der Waals surface area contributed by atoms with Crippen molar-refractivity contribution in [2.75, 3.05) is 0 Å². The lowest BCUT2D eigenvalue weighted by atomic mass is 10.2. The van der Waals surface area contributed by atoms with Gasteiger partial charge < -0.3 is 4.74 Å². The van der Waals surface area contributed by atoms with E-state index in [9.17, 15) is 23.3 Å². The molecule has 0 aromatic heterocycles. The van der Waals surface area contributed by atoms with Gasteiger partial charge in [-0.1, -0.05) is 0 Å². The largest absolute Gasteiger partial charge is 0.447 e. The van der Waals surface area contributed by atoms with Crippen molar-refractivity contribution in [3.05, 3.63) is 61.9 Å². The quantitative estimate of drug-likeness (QED) is 0.453. The van der Waals surface area contributed by atoms with E-state index in [0.29, 0.717) is 0 Å². The van der Waals surface area contributed by atoms with E-state index >= 15 is 0 Å². The molecule has 0 amide bonds. The lowest BCUT2D eigenvalue weighted by molar-refractivity contribution is -0.386. The van der Waals surface area contributed by atoms with Gasteiger partial charge >= 0.3 is 5.69 Å². The predicted octanol–water partition coefficient (Wildman–Crippen LogP) is 4.44. The number of nitro benzene ring substituents is 1. The minimum atomic E-state index is -1.59. The zero-order chi connectivity index (χ0) is 16.4. The van der Waals surface area contributed by atoms with Gasteiger partial charge in [0.1, 0.15) is 17.6 Å². The second kappa shape index (κ2) is 6.03. The van der Waals surface area contributed by atoms with Gasteiger partial charge in [-0.3, -0.25) is 10.1 Å². The Morgan fingerprint density at radius 3 is 2.45 bits per heavy atom. The van der Waals surface area contributed by atoms with Crippen molar-refractivity contribution >= 4 is 21.6 Å². The Hall–Kier alpha value is -2.60. The van der Waals surface area contributed by atoms with Gasteiger partial charge in [-0.2, -0.15) is 9.65 Å². The molecule has 0 aliphatic carbocycles. The number of hydrogen-bond acceptors (Lipinski definition) is 4. The minimum Gasteiger partial charge on any atom is -0.447 e. The molecule has 0 spiro atoms. The Balaban J connectivity index is 2.54. The van der Waals surface area contributed by atoms with Gasteiger partial charge in [0.2, 0.25) is 11.6 Å². The van der Waals surface area contributed by atoms with Crippen LogP contribution in [0.4, 0.5) is 18.9 Å². The van der Waals surface area contributed by atoms with Crippen molar-refractivity contribution < 1.29 is 22.8 Å². The van der Waals surface area contributed by atoms with Gasteiger partial charge in [0.15, 0.2) is 5.82 Å². The van der Waals surface area contributed by atoms with Crippen LogP contribution < -0.4 is 4.74 Å². The molecule has 0 fully saturated rings. The molecule has 0 N–H and O–H groups in total. The highest BCUT2D eigenvalue weighted by Gasteiger charge is 2.27. The predicted molar refractivity (Wildman–Crippen MR) is 71.9 cm³/mol. The lowest BCUT2D eigenvalue weighted by Gasteiger charge is -2.09. The molecule has 2 aromatic rings. The molecule has 2 rings (SSSR count). The van der Waals surface area contributed by atoms with Gasteiger partial charge in [0, 0.05) is 12.1 Å². The smallest absolute Gasteiger partial charge is 0.316 e. The molecular formula is C13H4BrF3N2O3. The van der Waals surface area contributed by atoms with Crippen LogP contribution in [0.25, 0.3) is 0 Å². The van der Waals surface area contributed by atoms with Crippen molar-refractivity contribution in [3.8, 4) is 17.6 Å². The summed E-state index contributed by atoms with van der Waals surface area (Å²) < 4.78 is 45.2. The van der Waals surface area contributed by atoms with E-state index in [2.05, 4.69) is 15.9 Å². The third-order valence-electron chi connectivity index (χ3n) is 2.58. The first-order valence-corrected chi connectivity index (χ1v) is 6.33. The first kappa shape index (κ1) is 15.8. The fraction of sp³-hybridized carbons (Fsp3) is 0. The van der Waals surface area contributed by atoms with E-state index in [1.807, 2.05) is 0 Å². The molecular weight excluding hydrogens is 369 g/mol. The number of nitrogens with zero attached hydrogens (tertiary/aromatic N) is 2. The summed E-state index contributed by atoms with van der Waals surface area (Å²) in [6, 6.07) is 5.18. The molecule has 0 bridgehead atoms. The Kier molecular flexibility index (Phi) is 4.32. The Labute approximate surface area is 129 Å². The zero-order valence-corrected chi connectivity index (χ0v) is 12.0. The molecule has 5 nitrogen and oxygen atoms in total. The molecule has 0 unspecified atom stereocenters. The second-order valence-electron chi connectivity index (χ2n) is 3.95. The maximum atomic E-state index is 13.8. The second-order valence-corrected chi connectivity index (χ2v) is 4.80. The molecule has 22 heavy (non-hydrogen) atoms. The Morgan fingerprint density at radius 2 is 1.91 bits per heavy atom. The van der Waals surface area contributed by atoms with Crippen LogP contribution in [0.3, 0.4) is 0 Å². The van der Waals surface area contributed by atoms with Crippen LogP contribution in [0, 0.1) is 38.9 Å². The monoisotopic (exact) mass is 372 g/mol. The number of hydrogen-bond donors (Lipinski definition) is 0. The number of ether oxygens (including phenoxy) is 1. The van der Waals surface area contributed by atoms with Crippen molar-refractivity contribution in [2.45, 2.75) is 0 Å². The van der Waals surface area contributed by atoms with Crippen LogP contribution in [-0.2, 0) is 0 Å². The summed E-state index contributed by atoms with van der Waals surface area (Å²) in [5, 5.41) is 19.5. The van der Waals surface area contributed by atoms with Crippen LogP contribution in [0.2, 0.25) is 0 Å². The fourth-order valence-corrected chi connectivity index (χ4v) is 1.96. The number of nitro groups is 1. The average molecular weight is 373 g/mol. The maximum Gasteiger partial charge on any atom is 0.316 e. The first-order chi connectivity index (χ1) is 10.3. The van der Waals surface area contributed by atoms with Gasteiger partial charge in [0.25, 0.3) is 0 Å².